The van der Waals surface area contributed by atoms with Gasteiger partial charge in [0.1, 0.15) is 5.82 Å². The minimum atomic E-state index is -0.531. The third-order valence-electron chi connectivity index (χ3n) is 5.51. The van der Waals surface area contributed by atoms with Gasteiger partial charge in [0.05, 0.1) is 23.9 Å². The number of aliphatic hydroxyl groups excluding tert-OH is 1. The zero-order valence-electron chi connectivity index (χ0n) is 19.7. The second kappa shape index (κ2) is 8.44. The summed E-state index contributed by atoms with van der Waals surface area (Å²) < 4.78 is 6.93. The number of anilines is 1. The van der Waals surface area contributed by atoms with Crippen LogP contribution in [0.2, 0.25) is 0 Å². The first kappa shape index (κ1) is 22.4. The number of aliphatic hydroxyl groups is 1. The summed E-state index contributed by atoms with van der Waals surface area (Å²) in [6.07, 6.45) is 5.23. The fourth-order valence-electron chi connectivity index (χ4n) is 3.74. The number of benzene rings is 1. The highest BCUT2D eigenvalue weighted by Gasteiger charge is 2.25. The third-order valence-corrected chi connectivity index (χ3v) is 5.51. The molecule has 0 atom stereocenters. The van der Waals surface area contributed by atoms with Crippen molar-refractivity contribution in [1.29, 1.82) is 0 Å². The third kappa shape index (κ3) is 4.17. The van der Waals surface area contributed by atoms with Gasteiger partial charge in [0.2, 0.25) is 5.89 Å². The maximum atomic E-state index is 12.8. The molecule has 0 saturated carbocycles. The van der Waals surface area contributed by atoms with Crippen LogP contribution in [0.25, 0.3) is 33.7 Å². The number of nitrogens with zero attached hydrogens (tertiary/aromatic N) is 6. The molecule has 0 aliphatic carbocycles. The van der Waals surface area contributed by atoms with Gasteiger partial charge < -0.3 is 19.9 Å². The molecular formula is C24H24N8O3. The highest BCUT2D eigenvalue weighted by atomic mass is 16.5. The molecule has 4 heterocycles. The van der Waals surface area contributed by atoms with E-state index < -0.39 is 5.91 Å². The van der Waals surface area contributed by atoms with E-state index in [1.807, 2.05) is 46.1 Å². The van der Waals surface area contributed by atoms with Crippen molar-refractivity contribution in [1.82, 2.24) is 34.9 Å². The second-order valence-corrected chi connectivity index (χ2v) is 9.16. The Morgan fingerprint density at radius 2 is 2.03 bits per heavy atom. The number of rotatable bonds is 5. The van der Waals surface area contributed by atoms with Crippen LogP contribution in [0, 0.1) is 0 Å². The van der Waals surface area contributed by atoms with Gasteiger partial charge in [0.15, 0.2) is 5.65 Å². The molecule has 178 valence electrons. The number of aryl methyl sites for hydroxylation is 1. The molecule has 0 radical (unpaired) electrons. The Labute approximate surface area is 200 Å². The van der Waals surface area contributed by atoms with Crippen molar-refractivity contribution >= 4 is 22.8 Å². The molecule has 0 fully saturated rings. The Morgan fingerprint density at radius 1 is 1.20 bits per heavy atom. The van der Waals surface area contributed by atoms with E-state index in [1.165, 1.54) is 0 Å². The first-order valence-corrected chi connectivity index (χ1v) is 11.0. The molecule has 0 bridgehead atoms. The minimum Gasteiger partial charge on any atom is -0.392 e. The Morgan fingerprint density at radius 3 is 2.71 bits per heavy atom. The molecule has 0 spiro atoms. The van der Waals surface area contributed by atoms with Crippen molar-refractivity contribution in [2.75, 3.05) is 5.32 Å². The van der Waals surface area contributed by atoms with Gasteiger partial charge in [-0.25, -0.2) is 9.97 Å². The number of pyridine rings is 1. The lowest BCUT2D eigenvalue weighted by Gasteiger charge is -2.14. The van der Waals surface area contributed by atoms with Gasteiger partial charge in [-0.3, -0.25) is 9.48 Å². The van der Waals surface area contributed by atoms with Gasteiger partial charge in [-0.05, 0) is 17.7 Å². The smallest absolute Gasteiger partial charge is 0.297 e. The molecule has 0 aliphatic rings. The first-order chi connectivity index (χ1) is 16.7. The van der Waals surface area contributed by atoms with E-state index >= 15 is 0 Å². The molecular weight excluding hydrogens is 448 g/mol. The van der Waals surface area contributed by atoms with Gasteiger partial charge >= 0.3 is 0 Å². The summed E-state index contributed by atoms with van der Waals surface area (Å²) in [5.74, 6) is 0.387. The monoisotopic (exact) mass is 472 g/mol. The van der Waals surface area contributed by atoms with Crippen LogP contribution < -0.4 is 5.32 Å². The number of imidazole rings is 1. The molecule has 11 heteroatoms. The number of carbonyl (C=O) groups is 1. The van der Waals surface area contributed by atoms with Crippen molar-refractivity contribution in [3.63, 3.8) is 0 Å². The van der Waals surface area contributed by atoms with E-state index in [0.29, 0.717) is 34.1 Å². The molecule has 0 saturated heterocycles. The standard InChI is InChI=1S/C24H24N8O3/c1-24(2,3)23-30-21(31-35-23)22(34)27-17-7-5-6-14(16(17)12-33)15-8-9-25-20-18(15)28-19(29-20)13-10-26-32(4)11-13/h5-11,33H,12H2,1-4H3,(H,27,34)(H,25,28,29). The Kier molecular flexibility index (Phi) is 5.40. The van der Waals surface area contributed by atoms with Crippen LogP contribution >= 0.6 is 0 Å². The molecule has 35 heavy (non-hydrogen) atoms. The highest BCUT2D eigenvalue weighted by molar-refractivity contribution is 6.03. The Hall–Kier alpha value is -4.38. The highest BCUT2D eigenvalue weighted by Crippen LogP contribution is 2.34. The van der Waals surface area contributed by atoms with Crippen molar-refractivity contribution in [3.8, 4) is 22.5 Å². The number of nitrogens with one attached hydrogen (secondary N) is 2. The van der Waals surface area contributed by atoms with Gasteiger partial charge in [-0.2, -0.15) is 10.1 Å². The number of amides is 1. The fourth-order valence-corrected chi connectivity index (χ4v) is 3.74. The zero-order chi connectivity index (χ0) is 24.7. The lowest BCUT2D eigenvalue weighted by Crippen LogP contribution is -2.17. The summed E-state index contributed by atoms with van der Waals surface area (Å²) in [6, 6.07) is 7.21. The predicted molar refractivity (Wildman–Crippen MR) is 128 cm³/mol. The van der Waals surface area contributed by atoms with E-state index in [9.17, 15) is 9.90 Å². The van der Waals surface area contributed by atoms with Crippen LogP contribution in [0.1, 0.15) is 42.8 Å². The van der Waals surface area contributed by atoms with E-state index in [1.54, 1.807) is 29.2 Å². The van der Waals surface area contributed by atoms with Gasteiger partial charge in [-0.1, -0.05) is 38.1 Å². The van der Waals surface area contributed by atoms with E-state index in [2.05, 4.69) is 35.5 Å². The molecule has 4 aromatic heterocycles. The number of fused-ring (bicyclic) bond motifs is 1. The second-order valence-electron chi connectivity index (χ2n) is 9.16. The van der Waals surface area contributed by atoms with E-state index in [-0.39, 0.29) is 17.8 Å². The fraction of sp³-hybridized carbons (Fsp3) is 0.250. The molecule has 3 N–H and O–H groups in total. The molecule has 1 amide bonds. The average molecular weight is 473 g/mol. The van der Waals surface area contributed by atoms with Crippen LogP contribution in [0.5, 0.6) is 0 Å². The van der Waals surface area contributed by atoms with E-state index in [0.717, 1.165) is 16.7 Å². The largest absolute Gasteiger partial charge is 0.392 e. The molecule has 1 aromatic carbocycles. The van der Waals surface area contributed by atoms with Crippen molar-refractivity contribution < 1.29 is 14.4 Å². The average Bonchev–Trinajstić information content (AvgIpc) is 3.57. The van der Waals surface area contributed by atoms with Crippen LogP contribution in [-0.2, 0) is 19.1 Å². The Bertz CT molecular complexity index is 1540. The normalized spacial score (nSPS) is 11.8. The van der Waals surface area contributed by atoms with Crippen molar-refractivity contribution in [3.05, 3.63) is 60.1 Å². The molecule has 11 nitrogen and oxygen atoms in total. The predicted octanol–water partition coefficient (Wildman–Crippen LogP) is 3.45. The zero-order valence-corrected chi connectivity index (χ0v) is 19.7. The topological polar surface area (TPSA) is 148 Å². The molecule has 5 rings (SSSR count). The molecule has 0 aliphatic heterocycles. The quantitative estimate of drug-likeness (QED) is 0.352. The molecule has 0 unspecified atom stereocenters. The summed E-state index contributed by atoms with van der Waals surface area (Å²) in [5.41, 5.74) is 4.16. The van der Waals surface area contributed by atoms with Crippen LogP contribution in [0.4, 0.5) is 5.69 Å². The lowest BCUT2D eigenvalue weighted by molar-refractivity contribution is 0.101. The number of aromatic amines is 1. The Balaban J connectivity index is 1.53. The SMILES string of the molecule is Cn1cc(-c2nc3nccc(-c4cccc(NC(=O)c5noc(C(C)(C)C)n5)c4CO)c3[nH]2)cn1. The van der Waals surface area contributed by atoms with Gasteiger partial charge in [0.25, 0.3) is 11.7 Å². The maximum Gasteiger partial charge on any atom is 0.297 e. The lowest BCUT2D eigenvalue weighted by atomic mass is 9.97. The summed E-state index contributed by atoms with van der Waals surface area (Å²) in [7, 11) is 1.83. The maximum absolute atomic E-state index is 12.8. The van der Waals surface area contributed by atoms with Crippen LogP contribution in [0.15, 0.2) is 47.4 Å². The van der Waals surface area contributed by atoms with Gasteiger partial charge in [-0.15, -0.1) is 0 Å². The van der Waals surface area contributed by atoms with Crippen molar-refractivity contribution in [2.45, 2.75) is 32.8 Å². The van der Waals surface area contributed by atoms with Crippen molar-refractivity contribution in [2.24, 2.45) is 7.05 Å². The number of aromatic nitrogens is 7. The van der Waals surface area contributed by atoms with Crippen LogP contribution in [-0.4, -0.2) is 45.9 Å². The van der Waals surface area contributed by atoms with Crippen LogP contribution in [0.3, 0.4) is 0 Å². The van der Waals surface area contributed by atoms with E-state index in [4.69, 9.17) is 4.52 Å². The number of carbonyl (C=O) groups excluding carboxylic acids is 1. The summed E-state index contributed by atoms with van der Waals surface area (Å²) in [4.78, 5) is 29.3. The van der Waals surface area contributed by atoms with Gasteiger partial charge in [0, 0.05) is 41.7 Å². The first-order valence-electron chi connectivity index (χ1n) is 11.0. The minimum absolute atomic E-state index is 0.0785. The summed E-state index contributed by atoms with van der Waals surface area (Å²) >= 11 is 0. The summed E-state index contributed by atoms with van der Waals surface area (Å²) in [5, 5.41) is 21.1. The number of hydrogen-bond donors (Lipinski definition) is 3. The molecule has 5 aromatic rings. The number of H-pyrrole nitrogens is 1. The number of hydrogen-bond acceptors (Lipinski definition) is 8. The summed E-state index contributed by atoms with van der Waals surface area (Å²) in [6.45, 7) is 5.44.